The van der Waals surface area contributed by atoms with E-state index in [9.17, 15) is 0 Å². The Hall–Kier alpha value is -6.92. The van der Waals surface area contributed by atoms with Crippen LogP contribution in [0.4, 0.5) is 0 Å². The number of hydrogen-bond donors (Lipinski definition) is 0. The smallest absolute Gasteiger partial charge is 0.139 e. The first-order valence-electron chi connectivity index (χ1n) is 20.2. The fourth-order valence-electron chi connectivity index (χ4n) is 9.02. The molecule has 0 saturated heterocycles. The summed E-state index contributed by atoms with van der Waals surface area (Å²) in [5.41, 5.74) is 13.7. The summed E-state index contributed by atoms with van der Waals surface area (Å²) in [7, 11) is 0. The summed E-state index contributed by atoms with van der Waals surface area (Å²) in [5, 5.41) is 9.81. The van der Waals surface area contributed by atoms with Gasteiger partial charge in [0.25, 0.3) is 0 Å². The number of fused-ring (bicyclic) bond motifs is 6. The minimum atomic E-state index is 0.353. The Bertz CT molecular complexity index is 3110. The highest BCUT2D eigenvalue weighted by Gasteiger charge is 2.22. The summed E-state index contributed by atoms with van der Waals surface area (Å²) in [6.45, 7) is 13.3. The molecule has 4 aromatic heterocycles. The number of ether oxygens (including phenoxy) is 1. The zero-order valence-corrected chi connectivity index (χ0v) is 33.7. The lowest BCUT2D eigenvalue weighted by Crippen LogP contribution is -2.04. The normalized spacial score (nSPS) is 11.9. The number of hydrogen-bond acceptors (Lipinski definition) is 3. The zero-order chi connectivity index (χ0) is 39.7. The van der Waals surface area contributed by atoms with Gasteiger partial charge in [-0.25, -0.2) is 9.67 Å². The average Bonchev–Trinajstić information content (AvgIpc) is 3.87. The van der Waals surface area contributed by atoms with Crippen molar-refractivity contribution in [1.82, 2.24) is 23.9 Å². The lowest BCUT2D eigenvalue weighted by Gasteiger charge is -2.17. The predicted molar refractivity (Wildman–Crippen MR) is 240 cm³/mol. The van der Waals surface area contributed by atoms with Gasteiger partial charge in [-0.1, -0.05) is 119 Å². The third kappa shape index (κ3) is 5.70. The quantitative estimate of drug-likeness (QED) is 0.155. The molecule has 0 spiro atoms. The molecule has 0 atom stereocenters. The maximum Gasteiger partial charge on any atom is 0.139 e. The van der Waals surface area contributed by atoms with E-state index in [0.29, 0.717) is 11.8 Å². The fraction of sp³-hybridized carbons (Fsp3) is 0.154. The van der Waals surface area contributed by atoms with E-state index < -0.39 is 0 Å². The lowest BCUT2D eigenvalue weighted by molar-refractivity contribution is 0.482. The molecule has 4 heterocycles. The Morgan fingerprint density at radius 1 is 0.517 bits per heavy atom. The van der Waals surface area contributed by atoms with Gasteiger partial charge in [-0.2, -0.15) is 5.10 Å². The molecule has 0 radical (unpaired) electrons. The summed E-state index contributed by atoms with van der Waals surface area (Å²) < 4.78 is 13.4. The summed E-state index contributed by atoms with van der Waals surface area (Å²) in [6, 6.07) is 51.5. The van der Waals surface area contributed by atoms with Gasteiger partial charge in [0.15, 0.2) is 0 Å². The van der Waals surface area contributed by atoms with Crippen molar-refractivity contribution in [1.29, 1.82) is 0 Å². The van der Waals surface area contributed by atoms with Gasteiger partial charge < -0.3 is 9.30 Å². The van der Waals surface area contributed by atoms with Crippen molar-refractivity contribution in [3.8, 4) is 39.8 Å². The molecular weight excluding hydrogens is 711 g/mol. The molecule has 0 amide bonds. The third-order valence-electron chi connectivity index (χ3n) is 11.6. The van der Waals surface area contributed by atoms with Gasteiger partial charge in [-0.15, -0.1) is 0 Å². The van der Waals surface area contributed by atoms with Crippen LogP contribution in [0.3, 0.4) is 0 Å². The van der Waals surface area contributed by atoms with E-state index in [0.717, 1.165) is 73.0 Å². The maximum atomic E-state index is 6.67. The minimum absolute atomic E-state index is 0.353. The van der Waals surface area contributed by atoms with Crippen molar-refractivity contribution in [3.05, 3.63) is 174 Å². The molecule has 0 bridgehead atoms. The standard InChI is InChI=1S/C52H45N5O/c1-32(2)41-20-13-22-45-46-23-14-21-42(33(3)4)52(46)55(51(41)45)37-27-28-53-49(30-37)56-47-24-11-10-19-43(47)44-26-25-40(31-48(44)56)58-39-18-12-17-38(29-39)57-35(6)50(34(5)54-57)36-15-8-7-9-16-36/h7-33H,1-6H3. The minimum Gasteiger partial charge on any atom is -0.457 e. The Morgan fingerprint density at radius 3 is 1.88 bits per heavy atom. The van der Waals surface area contributed by atoms with Crippen LogP contribution in [0.2, 0.25) is 0 Å². The van der Waals surface area contributed by atoms with Crippen LogP contribution in [0.1, 0.15) is 62.0 Å². The molecule has 6 aromatic carbocycles. The zero-order valence-electron chi connectivity index (χ0n) is 33.7. The van der Waals surface area contributed by atoms with Crippen molar-refractivity contribution in [2.24, 2.45) is 0 Å². The third-order valence-corrected chi connectivity index (χ3v) is 11.6. The Morgan fingerprint density at radius 2 is 1.16 bits per heavy atom. The first-order chi connectivity index (χ1) is 28.3. The Balaban J connectivity index is 1.10. The van der Waals surface area contributed by atoms with Gasteiger partial charge in [0.05, 0.1) is 39.1 Å². The van der Waals surface area contributed by atoms with Crippen LogP contribution in [-0.2, 0) is 0 Å². The van der Waals surface area contributed by atoms with Crippen LogP contribution in [0.15, 0.2) is 152 Å². The molecule has 10 aromatic rings. The van der Waals surface area contributed by atoms with E-state index in [1.807, 2.05) is 29.1 Å². The number of pyridine rings is 1. The molecule has 0 fully saturated rings. The van der Waals surface area contributed by atoms with E-state index in [4.69, 9.17) is 14.8 Å². The van der Waals surface area contributed by atoms with Gasteiger partial charge in [0.2, 0.25) is 0 Å². The predicted octanol–water partition coefficient (Wildman–Crippen LogP) is 13.8. The number of para-hydroxylation sites is 3. The topological polar surface area (TPSA) is 49.8 Å². The van der Waals surface area contributed by atoms with Crippen molar-refractivity contribution in [2.45, 2.75) is 53.4 Å². The molecule has 0 aliphatic heterocycles. The second kappa shape index (κ2) is 13.9. The van der Waals surface area contributed by atoms with E-state index in [1.165, 1.54) is 32.9 Å². The molecule has 6 nitrogen and oxygen atoms in total. The van der Waals surface area contributed by atoms with E-state index in [1.54, 1.807) is 0 Å². The van der Waals surface area contributed by atoms with E-state index >= 15 is 0 Å². The Kier molecular flexibility index (Phi) is 8.52. The van der Waals surface area contributed by atoms with E-state index in [2.05, 4.69) is 178 Å². The van der Waals surface area contributed by atoms with Gasteiger partial charge in [0, 0.05) is 57.2 Å². The first kappa shape index (κ1) is 35.5. The van der Waals surface area contributed by atoms with Crippen molar-refractivity contribution in [3.63, 3.8) is 0 Å². The second-order valence-corrected chi connectivity index (χ2v) is 16.0. The van der Waals surface area contributed by atoms with Gasteiger partial charge in [-0.05, 0) is 78.8 Å². The van der Waals surface area contributed by atoms with E-state index in [-0.39, 0.29) is 0 Å². The SMILES string of the molecule is Cc1nn(-c2cccc(Oc3ccc4c5ccccc5n(-c5cc(-n6c7c(C(C)C)cccc7c7cccc(C(C)C)c76)ccn5)c4c3)c2)c(C)c1-c1ccccc1. The molecule has 0 unspecified atom stereocenters. The molecular formula is C52H45N5O. The molecule has 6 heteroatoms. The molecule has 284 valence electrons. The Labute approximate surface area is 338 Å². The van der Waals surface area contributed by atoms with Crippen molar-refractivity contribution < 1.29 is 4.74 Å². The van der Waals surface area contributed by atoms with Crippen LogP contribution in [0.5, 0.6) is 11.5 Å². The number of rotatable bonds is 8. The molecule has 0 aliphatic rings. The monoisotopic (exact) mass is 755 g/mol. The summed E-state index contributed by atoms with van der Waals surface area (Å²) in [4.78, 5) is 5.06. The van der Waals surface area contributed by atoms with Crippen LogP contribution in [0, 0.1) is 13.8 Å². The molecule has 0 saturated carbocycles. The first-order valence-corrected chi connectivity index (χ1v) is 20.2. The van der Waals surface area contributed by atoms with Gasteiger partial charge in [0.1, 0.15) is 17.3 Å². The van der Waals surface area contributed by atoms with Crippen LogP contribution in [0.25, 0.3) is 71.9 Å². The van der Waals surface area contributed by atoms with Gasteiger partial charge in [-0.3, -0.25) is 4.57 Å². The fourth-order valence-corrected chi connectivity index (χ4v) is 9.02. The molecule has 58 heavy (non-hydrogen) atoms. The van der Waals surface area contributed by atoms with Crippen LogP contribution >= 0.6 is 0 Å². The summed E-state index contributed by atoms with van der Waals surface area (Å²) >= 11 is 0. The molecule has 0 N–H and O–H groups in total. The van der Waals surface area contributed by atoms with Crippen LogP contribution < -0.4 is 4.74 Å². The lowest BCUT2D eigenvalue weighted by atomic mass is 9.98. The molecule has 0 aliphatic carbocycles. The van der Waals surface area contributed by atoms with Gasteiger partial charge >= 0.3 is 0 Å². The highest BCUT2D eigenvalue weighted by atomic mass is 16.5. The van der Waals surface area contributed by atoms with Crippen molar-refractivity contribution >= 4 is 43.6 Å². The second-order valence-electron chi connectivity index (χ2n) is 16.0. The highest BCUT2D eigenvalue weighted by molar-refractivity contribution is 6.12. The van der Waals surface area contributed by atoms with Crippen molar-refractivity contribution in [2.75, 3.05) is 0 Å². The number of aromatic nitrogens is 5. The highest BCUT2D eigenvalue weighted by Crippen LogP contribution is 2.41. The number of aryl methyl sites for hydroxylation is 1. The average molecular weight is 756 g/mol. The van der Waals surface area contributed by atoms with Crippen LogP contribution in [-0.4, -0.2) is 23.9 Å². The molecule has 10 rings (SSSR count). The maximum absolute atomic E-state index is 6.67. The summed E-state index contributed by atoms with van der Waals surface area (Å²) in [6.07, 6.45) is 1.95. The summed E-state index contributed by atoms with van der Waals surface area (Å²) in [5.74, 6) is 3.04. The number of nitrogens with zero attached hydrogens (tertiary/aromatic N) is 5. The number of benzene rings is 6. The largest absolute Gasteiger partial charge is 0.457 e.